The first-order valence-corrected chi connectivity index (χ1v) is 21.2. The SMILES string of the molecule is CCCCC/C=C/CC/C=C/CCCC(O)C(O)C(COP(=O)([O-])OCC[N+](C)(C)C)NC(=O)CCCCCCCCCCCCCCC. The number of likely N-dealkylation sites (N-methyl/N-ethyl adjacent to an activating group) is 1. The molecule has 4 unspecified atom stereocenters. The number of allylic oxidation sites excluding steroid dienone is 4. The Bertz CT molecular complexity index is 878. The number of carbonyl (C=O) groups is 1. The molecule has 0 radical (unpaired) electrons. The second-order valence-corrected chi connectivity index (χ2v) is 16.2. The highest BCUT2D eigenvalue weighted by molar-refractivity contribution is 7.45. The molecule has 0 aromatic heterocycles. The summed E-state index contributed by atoms with van der Waals surface area (Å²) in [5.41, 5.74) is 0. The molecular weight excluding hydrogens is 639 g/mol. The van der Waals surface area contributed by atoms with E-state index in [0.717, 1.165) is 44.9 Å². The first-order chi connectivity index (χ1) is 23.4. The van der Waals surface area contributed by atoms with Crippen LogP contribution < -0.4 is 10.2 Å². The predicted octanol–water partition coefficient (Wildman–Crippen LogP) is 8.53. The number of unbranched alkanes of at least 4 members (excludes halogenated alkanes) is 17. The zero-order chi connectivity index (χ0) is 36.6. The van der Waals surface area contributed by atoms with Crippen LogP contribution in [0.1, 0.15) is 162 Å². The molecule has 3 N–H and O–H groups in total. The summed E-state index contributed by atoms with van der Waals surface area (Å²) in [5, 5.41) is 24.4. The van der Waals surface area contributed by atoms with Crippen LogP contribution >= 0.6 is 7.82 Å². The Labute approximate surface area is 301 Å². The van der Waals surface area contributed by atoms with Crippen LogP contribution in [0, 0.1) is 0 Å². The van der Waals surface area contributed by atoms with Crippen molar-refractivity contribution in [1.82, 2.24) is 5.32 Å². The maximum absolute atomic E-state index is 12.8. The van der Waals surface area contributed by atoms with Gasteiger partial charge in [-0.05, 0) is 51.4 Å². The molecule has 0 aromatic carbocycles. The molecule has 0 rings (SSSR count). The summed E-state index contributed by atoms with van der Waals surface area (Å²) < 4.78 is 23.0. The Balaban J connectivity index is 4.66. The van der Waals surface area contributed by atoms with Gasteiger partial charge >= 0.3 is 0 Å². The zero-order valence-corrected chi connectivity index (χ0v) is 33.2. The van der Waals surface area contributed by atoms with Crippen LogP contribution in [0.3, 0.4) is 0 Å². The molecule has 10 heteroatoms. The summed E-state index contributed by atoms with van der Waals surface area (Å²) in [6, 6.07) is -1.09. The van der Waals surface area contributed by atoms with E-state index in [-0.39, 0.29) is 18.9 Å². The Kier molecular flexibility index (Phi) is 31.0. The highest BCUT2D eigenvalue weighted by Crippen LogP contribution is 2.38. The molecular formula is C39H77N2O7P. The number of hydrogen-bond donors (Lipinski definition) is 3. The second-order valence-electron chi connectivity index (χ2n) is 14.8. The monoisotopic (exact) mass is 717 g/mol. The van der Waals surface area contributed by atoms with Gasteiger partial charge in [-0.15, -0.1) is 0 Å². The number of phosphoric acid groups is 1. The summed E-state index contributed by atoms with van der Waals surface area (Å²) in [4.78, 5) is 25.2. The number of nitrogens with zero attached hydrogens (tertiary/aromatic N) is 1. The summed E-state index contributed by atoms with van der Waals surface area (Å²) in [6.45, 7) is 4.35. The van der Waals surface area contributed by atoms with E-state index in [0.29, 0.717) is 30.3 Å². The van der Waals surface area contributed by atoms with Crippen molar-refractivity contribution in [2.24, 2.45) is 0 Å². The van der Waals surface area contributed by atoms with Gasteiger partial charge in [-0.1, -0.05) is 128 Å². The molecule has 9 nitrogen and oxygen atoms in total. The Hall–Kier alpha value is -1.06. The highest BCUT2D eigenvalue weighted by atomic mass is 31.2. The zero-order valence-electron chi connectivity index (χ0n) is 32.3. The maximum atomic E-state index is 12.8. The maximum Gasteiger partial charge on any atom is 0.268 e. The minimum absolute atomic E-state index is 0.0473. The fourth-order valence-electron chi connectivity index (χ4n) is 5.50. The number of aliphatic hydroxyl groups excluding tert-OH is 2. The number of quaternary nitrogens is 1. The van der Waals surface area contributed by atoms with Gasteiger partial charge < -0.3 is 34.0 Å². The van der Waals surface area contributed by atoms with Gasteiger partial charge in [-0.25, -0.2) is 0 Å². The summed E-state index contributed by atoms with van der Waals surface area (Å²) in [7, 11) is 1.10. The van der Waals surface area contributed by atoms with Crippen LogP contribution in [0.2, 0.25) is 0 Å². The predicted molar refractivity (Wildman–Crippen MR) is 202 cm³/mol. The van der Waals surface area contributed by atoms with E-state index in [2.05, 4.69) is 43.5 Å². The van der Waals surface area contributed by atoms with Gasteiger partial charge in [0.1, 0.15) is 19.3 Å². The van der Waals surface area contributed by atoms with Crippen molar-refractivity contribution in [3.8, 4) is 0 Å². The van der Waals surface area contributed by atoms with Crippen molar-refractivity contribution < 1.29 is 38.0 Å². The van der Waals surface area contributed by atoms with Crippen molar-refractivity contribution >= 4 is 13.7 Å². The molecule has 0 heterocycles. The number of phosphoric ester groups is 1. The molecule has 1 amide bonds. The van der Waals surface area contributed by atoms with Crippen LogP contribution in [0.15, 0.2) is 24.3 Å². The lowest BCUT2D eigenvalue weighted by atomic mass is 10.0. The van der Waals surface area contributed by atoms with Gasteiger partial charge in [-0.2, -0.15) is 0 Å². The Morgan fingerprint density at radius 1 is 0.714 bits per heavy atom. The molecule has 0 saturated heterocycles. The third-order valence-electron chi connectivity index (χ3n) is 8.76. The molecule has 0 fully saturated rings. The van der Waals surface area contributed by atoms with Gasteiger partial charge in [0.15, 0.2) is 0 Å². The van der Waals surface area contributed by atoms with Crippen molar-refractivity contribution in [2.75, 3.05) is 40.9 Å². The first-order valence-electron chi connectivity index (χ1n) is 19.8. The smallest absolute Gasteiger partial charge is 0.268 e. The largest absolute Gasteiger partial charge is 0.756 e. The van der Waals surface area contributed by atoms with Crippen LogP contribution in [-0.4, -0.2) is 79.8 Å². The number of rotatable bonds is 35. The molecule has 0 spiro atoms. The number of carbonyl (C=O) groups excluding carboxylic acids is 1. The van der Waals surface area contributed by atoms with E-state index >= 15 is 0 Å². The third kappa shape index (κ3) is 32.6. The lowest BCUT2D eigenvalue weighted by Crippen LogP contribution is -2.51. The van der Waals surface area contributed by atoms with Gasteiger partial charge in [0.05, 0.1) is 39.9 Å². The van der Waals surface area contributed by atoms with E-state index in [1.54, 1.807) is 0 Å². The molecule has 0 saturated carbocycles. The number of nitrogens with one attached hydrogen (secondary N) is 1. The minimum Gasteiger partial charge on any atom is -0.756 e. The summed E-state index contributed by atoms with van der Waals surface area (Å²) in [5.74, 6) is -0.294. The summed E-state index contributed by atoms with van der Waals surface area (Å²) in [6.07, 6.45) is 30.7. The van der Waals surface area contributed by atoms with E-state index in [4.69, 9.17) is 9.05 Å². The van der Waals surface area contributed by atoms with Gasteiger partial charge in [0.25, 0.3) is 7.82 Å². The molecule has 0 aliphatic heterocycles. The van der Waals surface area contributed by atoms with Crippen molar-refractivity contribution in [3.63, 3.8) is 0 Å². The first kappa shape index (κ1) is 47.9. The molecule has 0 aliphatic carbocycles. The molecule has 0 aromatic rings. The van der Waals surface area contributed by atoms with Gasteiger partial charge in [-0.3, -0.25) is 9.36 Å². The van der Waals surface area contributed by atoms with E-state index in [1.165, 1.54) is 77.0 Å². The summed E-state index contributed by atoms with van der Waals surface area (Å²) >= 11 is 0. The minimum atomic E-state index is -4.66. The fourth-order valence-corrected chi connectivity index (χ4v) is 6.23. The van der Waals surface area contributed by atoms with E-state index in [9.17, 15) is 24.5 Å². The average Bonchev–Trinajstić information content (AvgIpc) is 3.04. The molecule has 49 heavy (non-hydrogen) atoms. The van der Waals surface area contributed by atoms with Crippen molar-refractivity contribution in [2.45, 2.75) is 180 Å². The van der Waals surface area contributed by atoms with Gasteiger partial charge in [0.2, 0.25) is 5.91 Å². The van der Waals surface area contributed by atoms with Crippen LogP contribution in [0.4, 0.5) is 0 Å². The highest BCUT2D eigenvalue weighted by Gasteiger charge is 2.29. The second kappa shape index (κ2) is 31.7. The Morgan fingerprint density at radius 2 is 1.18 bits per heavy atom. The average molecular weight is 717 g/mol. The number of aliphatic hydroxyl groups is 2. The third-order valence-corrected chi connectivity index (χ3v) is 9.73. The van der Waals surface area contributed by atoms with Crippen LogP contribution in [-0.2, 0) is 18.4 Å². The number of amides is 1. The van der Waals surface area contributed by atoms with Gasteiger partial charge in [0, 0.05) is 6.42 Å². The fraction of sp³-hybridized carbons (Fsp3) is 0.872. The van der Waals surface area contributed by atoms with Crippen LogP contribution in [0.25, 0.3) is 0 Å². The quantitative estimate of drug-likeness (QED) is 0.0260. The van der Waals surface area contributed by atoms with E-state index < -0.39 is 32.7 Å². The Morgan fingerprint density at radius 3 is 1.71 bits per heavy atom. The molecule has 290 valence electrons. The standard InChI is InChI=1S/C39H77N2O7P/c1-6-8-10-12-14-16-18-20-22-24-26-28-30-32-38(43)40-36(35-48-49(45,46)47-34-33-41(3,4)5)39(44)37(42)31-29-27-25-23-21-19-17-15-13-11-9-7-2/h15,17,23,25,36-37,39,42,44H,6-14,16,18-22,24,26-35H2,1-5H3,(H-,40,43,45,46)/b17-15+,25-23+. The molecule has 0 aliphatic rings. The normalized spacial score (nSPS) is 15.5. The van der Waals surface area contributed by atoms with Crippen molar-refractivity contribution in [1.29, 1.82) is 0 Å². The topological polar surface area (TPSA) is 128 Å². The van der Waals surface area contributed by atoms with E-state index in [1.807, 2.05) is 21.1 Å². The molecule has 4 atom stereocenters. The molecule has 0 bridgehead atoms. The number of hydrogen-bond acceptors (Lipinski definition) is 7. The van der Waals surface area contributed by atoms with Crippen molar-refractivity contribution in [3.05, 3.63) is 24.3 Å². The van der Waals surface area contributed by atoms with Crippen LogP contribution in [0.5, 0.6) is 0 Å². The lowest BCUT2D eigenvalue weighted by Gasteiger charge is -2.31. The lowest BCUT2D eigenvalue weighted by molar-refractivity contribution is -0.870.